The number of rotatable bonds is 5. The Morgan fingerprint density at radius 1 is 1.13 bits per heavy atom. The molecule has 3 rings (SSSR count). The van der Waals surface area contributed by atoms with Crippen LogP contribution in [0.2, 0.25) is 0 Å². The topological polar surface area (TPSA) is 71.5 Å². The molecule has 0 unspecified atom stereocenters. The number of aryl methyl sites for hydroxylation is 1. The lowest BCUT2D eigenvalue weighted by Gasteiger charge is -2.08. The second-order valence-corrected chi connectivity index (χ2v) is 6.00. The zero-order chi connectivity index (χ0) is 16.2. The number of nitrogens with one attached hydrogen (secondary N) is 1. The number of benzene rings is 2. The molecule has 5 nitrogen and oxygen atoms in total. The fourth-order valence-electron chi connectivity index (χ4n) is 2.03. The number of aromatic nitrogens is 1. The number of thiazole rings is 1. The van der Waals surface area contributed by atoms with Crippen molar-refractivity contribution in [3.8, 4) is 11.5 Å². The van der Waals surface area contributed by atoms with Gasteiger partial charge >= 0.3 is 5.97 Å². The van der Waals surface area contributed by atoms with Crippen molar-refractivity contribution < 1.29 is 14.6 Å². The van der Waals surface area contributed by atoms with Gasteiger partial charge in [-0.3, -0.25) is 0 Å². The fraction of sp³-hybridized carbons (Fsp3) is 0.0588. The summed E-state index contributed by atoms with van der Waals surface area (Å²) in [5.74, 6) is 0.420. The third kappa shape index (κ3) is 3.67. The molecule has 0 saturated heterocycles. The van der Waals surface area contributed by atoms with E-state index >= 15 is 0 Å². The van der Waals surface area contributed by atoms with Crippen molar-refractivity contribution in [2.45, 2.75) is 6.92 Å². The number of anilines is 2. The first kappa shape index (κ1) is 15.1. The molecule has 2 N–H and O–H groups in total. The summed E-state index contributed by atoms with van der Waals surface area (Å²) < 4.78 is 5.77. The SMILES string of the molecule is Cc1sc(Nc2cccc(Oc3ccccc3)c2)nc1C(=O)O. The molecule has 0 amide bonds. The van der Waals surface area contributed by atoms with E-state index in [-0.39, 0.29) is 5.69 Å². The summed E-state index contributed by atoms with van der Waals surface area (Å²) in [5, 5.41) is 12.7. The Kier molecular flexibility index (Phi) is 4.25. The van der Waals surface area contributed by atoms with E-state index in [1.807, 2.05) is 54.6 Å². The maximum atomic E-state index is 11.0. The van der Waals surface area contributed by atoms with Gasteiger partial charge in [0.15, 0.2) is 10.8 Å². The summed E-state index contributed by atoms with van der Waals surface area (Å²) in [6, 6.07) is 16.9. The highest BCUT2D eigenvalue weighted by molar-refractivity contribution is 7.15. The lowest BCUT2D eigenvalue weighted by molar-refractivity contribution is 0.0690. The molecule has 0 radical (unpaired) electrons. The maximum Gasteiger partial charge on any atom is 0.355 e. The number of nitrogens with zero attached hydrogens (tertiary/aromatic N) is 1. The Labute approximate surface area is 137 Å². The largest absolute Gasteiger partial charge is 0.476 e. The summed E-state index contributed by atoms with van der Waals surface area (Å²) in [6.07, 6.45) is 0. The van der Waals surface area contributed by atoms with Gasteiger partial charge in [0.05, 0.1) is 0 Å². The predicted molar refractivity (Wildman–Crippen MR) is 90.1 cm³/mol. The van der Waals surface area contributed by atoms with E-state index in [0.717, 1.165) is 11.4 Å². The zero-order valence-electron chi connectivity index (χ0n) is 12.3. The number of para-hydroxylation sites is 1. The van der Waals surface area contributed by atoms with Gasteiger partial charge in [-0.2, -0.15) is 0 Å². The normalized spacial score (nSPS) is 10.3. The molecule has 23 heavy (non-hydrogen) atoms. The first-order chi connectivity index (χ1) is 11.1. The highest BCUT2D eigenvalue weighted by Crippen LogP contribution is 2.28. The Bertz CT molecular complexity index is 831. The molecule has 116 valence electrons. The standard InChI is InChI=1S/C17H14N2O3S/c1-11-15(16(20)21)19-17(23-11)18-12-6-5-9-14(10-12)22-13-7-3-2-4-8-13/h2-10H,1H3,(H,18,19)(H,20,21). The monoisotopic (exact) mass is 326 g/mol. The first-order valence-electron chi connectivity index (χ1n) is 6.92. The summed E-state index contributed by atoms with van der Waals surface area (Å²) in [6.45, 7) is 1.74. The van der Waals surface area contributed by atoms with Crippen molar-refractivity contribution in [3.05, 3.63) is 65.2 Å². The van der Waals surface area contributed by atoms with Crippen LogP contribution in [0.3, 0.4) is 0 Å². The Hall–Kier alpha value is -2.86. The highest BCUT2D eigenvalue weighted by Gasteiger charge is 2.14. The number of aromatic carboxylic acids is 1. The van der Waals surface area contributed by atoms with Gasteiger partial charge in [-0.1, -0.05) is 24.3 Å². The molecule has 0 spiro atoms. The molecular weight excluding hydrogens is 312 g/mol. The van der Waals surface area contributed by atoms with Gasteiger partial charge in [-0.25, -0.2) is 9.78 Å². The molecule has 0 aliphatic heterocycles. The van der Waals surface area contributed by atoms with E-state index in [9.17, 15) is 4.79 Å². The van der Waals surface area contributed by atoms with Crippen LogP contribution in [0.5, 0.6) is 11.5 Å². The lowest BCUT2D eigenvalue weighted by Crippen LogP contribution is -1.99. The van der Waals surface area contributed by atoms with Crippen LogP contribution < -0.4 is 10.1 Å². The molecule has 1 heterocycles. The summed E-state index contributed by atoms with van der Waals surface area (Å²) in [5.41, 5.74) is 0.860. The number of carboxylic acids is 1. The number of carboxylic acid groups (broad SMARTS) is 1. The van der Waals surface area contributed by atoms with Crippen LogP contribution in [-0.2, 0) is 0 Å². The second-order valence-electron chi connectivity index (χ2n) is 4.80. The maximum absolute atomic E-state index is 11.0. The molecule has 0 bridgehead atoms. The zero-order valence-corrected chi connectivity index (χ0v) is 13.1. The van der Waals surface area contributed by atoms with Crippen LogP contribution in [0.1, 0.15) is 15.4 Å². The molecule has 0 fully saturated rings. The van der Waals surface area contributed by atoms with E-state index in [4.69, 9.17) is 9.84 Å². The van der Waals surface area contributed by atoms with Crippen molar-refractivity contribution in [1.82, 2.24) is 4.98 Å². The Balaban J connectivity index is 1.77. The molecule has 0 saturated carbocycles. The minimum absolute atomic E-state index is 0.0780. The molecular formula is C17H14N2O3S. The second kappa shape index (κ2) is 6.50. The van der Waals surface area contributed by atoms with Gasteiger partial charge in [0.1, 0.15) is 11.5 Å². The van der Waals surface area contributed by atoms with Crippen LogP contribution in [0.4, 0.5) is 10.8 Å². The summed E-state index contributed by atoms with van der Waals surface area (Å²) in [7, 11) is 0. The van der Waals surface area contributed by atoms with Crippen molar-refractivity contribution in [3.63, 3.8) is 0 Å². The van der Waals surface area contributed by atoms with Gasteiger partial charge in [-0.15, -0.1) is 11.3 Å². The molecule has 0 aliphatic carbocycles. The van der Waals surface area contributed by atoms with Crippen LogP contribution in [0.15, 0.2) is 54.6 Å². The summed E-state index contributed by atoms with van der Waals surface area (Å²) in [4.78, 5) is 15.8. The minimum Gasteiger partial charge on any atom is -0.476 e. The van der Waals surface area contributed by atoms with Crippen LogP contribution >= 0.6 is 11.3 Å². The van der Waals surface area contributed by atoms with Crippen LogP contribution in [0.25, 0.3) is 0 Å². The molecule has 2 aromatic carbocycles. The van der Waals surface area contributed by atoms with Crippen LogP contribution in [-0.4, -0.2) is 16.1 Å². The van der Waals surface area contributed by atoms with E-state index in [1.54, 1.807) is 6.92 Å². The Morgan fingerprint density at radius 3 is 2.57 bits per heavy atom. The molecule has 1 aromatic heterocycles. The van der Waals surface area contributed by atoms with E-state index in [1.165, 1.54) is 11.3 Å². The van der Waals surface area contributed by atoms with Gasteiger partial charge in [0.25, 0.3) is 0 Å². The van der Waals surface area contributed by atoms with E-state index < -0.39 is 5.97 Å². The van der Waals surface area contributed by atoms with E-state index in [0.29, 0.717) is 15.8 Å². The number of ether oxygens (including phenoxy) is 1. The van der Waals surface area contributed by atoms with Gasteiger partial charge < -0.3 is 15.2 Å². The molecule has 3 aromatic rings. The van der Waals surface area contributed by atoms with Gasteiger partial charge in [0, 0.05) is 16.6 Å². The first-order valence-corrected chi connectivity index (χ1v) is 7.74. The smallest absolute Gasteiger partial charge is 0.355 e. The van der Waals surface area contributed by atoms with Crippen molar-refractivity contribution >= 4 is 28.1 Å². The van der Waals surface area contributed by atoms with Crippen molar-refractivity contribution in [2.24, 2.45) is 0 Å². The Morgan fingerprint density at radius 2 is 1.87 bits per heavy atom. The van der Waals surface area contributed by atoms with Gasteiger partial charge in [0.2, 0.25) is 0 Å². The van der Waals surface area contributed by atoms with Crippen molar-refractivity contribution in [2.75, 3.05) is 5.32 Å². The average Bonchev–Trinajstić information content (AvgIpc) is 2.89. The van der Waals surface area contributed by atoms with E-state index in [2.05, 4.69) is 10.3 Å². The highest BCUT2D eigenvalue weighted by atomic mass is 32.1. The quantitative estimate of drug-likeness (QED) is 0.712. The van der Waals surface area contributed by atoms with Crippen molar-refractivity contribution in [1.29, 1.82) is 0 Å². The van der Waals surface area contributed by atoms with Crippen LogP contribution in [0, 0.1) is 6.92 Å². The third-order valence-electron chi connectivity index (χ3n) is 3.06. The number of carbonyl (C=O) groups is 1. The van der Waals surface area contributed by atoms with Gasteiger partial charge in [-0.05, 0) is 31.2 Å². The number of hydrogen-bond donors (Lipinski definition) is 2. The third-order valence-corrected chi connectivity index (χ3v) is 3.95. The molecule has 0 aliphatic rings. The lowest BCUT2D eigenvalue weighted by atomic mass is 10.3. The fourth-order valence-corrected chi connectivity index (χ4v) is 2.86. The number of hydrogen-bond acceptors (Lipinski definition) is 5. The molecule has 0 atom stereocenters. The minimum atomic E-state index is -1.02. The summed E-state index contributed by atoms with van der Waals surface area (Å²) >= 11 is 1.30. The average molecular weight is 326 g/mol. The predicted octanol–water partition coefficient (Wildman–Crippen LogP) is 4.69. The molecule has 6 heteroatoms.